The van der Waals surface area contributed by atoms with E-state index in [2.05, 4.69) is 15.3 Å². The molecule has 0 aliphatic heterocycles. The third kappa shape index (κ3) is 3.51. The molecule has 6 heteroatoms. The highest BCUT2D eigenvalue weighted by molar-refractivity contribution is 5.92. The average molecular weight is 237 g/mol. The first kappa shape index (κ1) is 13.1. The van der Waals surface area contributed by atoms with Crippen LogP contribution in [0.15, 0.2) is 12.4 Å². The Morgan fingerprint density at radius 1 is 1.35 bits per heavy atom. The van der Waals surface area contributed by atoms with Crippen LogP contribution >= 0.6 is 0 Å². The maximum Gasteiger partial charge on any atom is 0.308 e. The summed E-state index contributed by atoms with van der Waals surface area (Å²) in [6, 6.07) is 1.09. The SMILES string of the molecule is Cc1cc(C(=O)NC(C)C(C)C(=O)O)ncn1. The Kier molecular flexibility index (Phi) is 4.14. The van der Waals surface area contributed by atoms with Crippen molar-refractivity contribution in [1.82, 2.24) is 15.3 Å². The van der Waals surface area contributed by atoms with Gasteiger partial charge in [0, 0.05) is 11.7 Å². The Morgan fingerprint density at radius 3 is 2.53 bits per heavy atom. The van der Waals surface area contributed by atoms with Crippen LogP contribution in [-0.2, 0) is 4.79 Å². The number of hydrogen-bond donors (Lipinski definition) is 2. The van der Waals surface area contributed by atoms with E-state index in [1.807, 2.05) is 0 Å². The third-order valence-electron chi connectivity index (χ3n) is 2.53. The number of carboxylic acid groups (broad SMARTS) is 1. The van der Waals surface area contributed by atoms with E-state index in [4.69, 9.17) is 5.11 Å². The normalized spacial score (nSPS) is 13.8. The molecule has 2 N–H and O–H groups in total. The molecule has 1 amide bonds. The van der Waals surface area contributed by atoms with E-state index >= 15 is 0 Å². The van der Waals surface area contributed by atoms with Crippen molar-refractivity contribution in [2.24, 2.45) is 5.92 Å². The lowest BCUT2D eigenvalue weighted by molar-refractivity contribution is -0.141. The van der Waals surface area contributed by atoms with Crippen LogP contribution in [0.25, 0.3) is 0 Å². The van der Waals surface area contributed by atoms with Gasteiger partial charge in [-0.05, 0) is 26.8 Å². The highest BCUT2D eigenvalue weighted by Crippen LogP contribution is 2.04. The van der Waals surface area contributed by atoms with Gasteiger partial charge in [-0.2, -0.15) is 0 Å². The number of carbonyl (C=O) groups excluding carboxylic acids is 1. The molecule has 0 saturated carbocycles. The molecule has 0 aliphatic rings. The van der Waals surface area contributed by atoms with Gasteiger partial charge >= 0.3 is 5.97 Å². The van der Waals surface area contributed by atoms with Crippen molar-refractivity contribution in [3.8, 4) is 0 Å². The minimum atomic E-state index is -0.948. The molecule has 2 atom stereocenters. The molecule has 0 spiro atoms. The van der Waals surface area contributed by atoms with Gasteiger partial charge in [-0.1, -0.05) is 0 Å². The second-order valence-corrected chi connectivity index (χ2v) is 3.93. The number of amides is 1. The summed E-state index contributed by atoms with van der Waals surface area (Å²) in [5.74, 6) is -1.99. The Morgan fingerprint density at radius 2 is 2.00 bits per heavy atom. The van der Waals surface area contributed by atoms with Crippen molar-refractivity contribution in [2.75, 3.05) is 0 Å². The molecule has 1 heterocycles. The van der Waals surface area contributed by atoms with Crippen molar-refractivity contribution in [3.63, 3.8) is 0 Å². The maximum absolute atomic E-state index is 11.7. The zero-order valence-electron chi connectivity index (χ0n) is 9.97. The molecule has 0 saturated heterocycles. The summed E-state index contributed by atoms with van der Waals surface area (Å²) < 4.78 is 0. The lowest BCUT2D eigenvalue weighted by atomic mass is 10.0. The van der Waals surface area contributed by atoms with Gasteiger partial charge in [-0.15, -0.1) is 0 Å². The fourth-order valence-electron chi connectivity index (χ4n) is 1.20. The molecule has 1 rings (SSSR count). The Hall–Kier alpha value is -1.98. The monoisotopic (exact) mass is 237 g/mol. The van der Waals surface area contributed by atoms with E-state index in [-0.39, 0.29) is 5.69 Å². The van der Waals surface area contributed by atoms with Crippen molar-refractivity contribution in [1.29, 1.82) is 0 Å². The van der Waals surface area contributed by atoms with E-state index in [9.17, 15) is 9.59 Å². The summed E-state index contributed by atoms with van der Waals surface area (Å²) in [4.78, 5) is 30.2. The summed E-state index contributed by atoms with van der Waals surface area (Å²) in [6.07, 6.45) is 1.30. The second-order valence-electron chi connectivity index (χ2n) is 3.93. The molecule has 0 bridgehead atoms. The molecular weight excluding hydrogens is 222 g/mol. The minimum absolute atomic E-state index is 0.238. The summed E-state index contributed by atoms with van der Waals surface area (Å²) in [6.45, 7) is 4.94. The van der Waals surface area contributed by atoms with Crippen LogP contribution in [0.4, 0.5) is 0 Å². The number of nitrogens with one attached hydrogen (secondary N) is 1. The number of rotatable bonds is 4. The fraction of sp³-hybridized carbons (Fsp3) is 0.455. The zero-order chi connectivity index (χ0) is 13.0. The van der Waals surface area contributed by atoms with Crippen LogP contribution in [0, 0.1) is 12.8 Å². The van der Waals surface area contributed by atoms with E-state index in [1.165, 1.54) is 6.33 Å². The van der Waals surface area contributed by atoms with Gasteiger partial charge in [0.25, 0.3) is 5.91 Å². The molecular formula is C11H15N3O3. The lowest BCUT2D eigenvalue weighted by Gasteiger charge is -2.17. The van der Waals surface area contributed by atoms with E-state index in [1.54, 1.807) is 26.8 Å². The van der Waals surface area contributed by atoms with Gasteiger partial charge < -0.3 is 10.4 Å². The van der Waals surface area contributed by atoms with E-state index in [0.29, 0.717) is 5.69 Å². The van der Waals surface area contributed by atoms with Crippen molar-refractivity contribution in [3.05, 3.63) is 23.8 Å². The van der Waals surface area contributed by atoms with Crippen LogP contribution in [0.3, 0.4) is 0 Å². The predicted octanol–water partition coefficient (Wildman–Crippen LogP) is 0.624. The molecule has 2 unspecified atom stereocenters. The average Bonchev–Trinajstić information content (AvgIpc) is 2.27. The number of aliphatic carboxylic acids is 1. The minimum Gasteiger partial charge on any atom is -0.481 e. The van der Waals surface area contributed by atoms with Gasteiger partial charge in [-0.25, -0.2) is 9.97 Å². The first-order chi connectivity index (χ1) is 7.91. The first-order valence-corrected chi connectivity index (χ1v) is 5.24. The molecule has 6 nitrogen and oxygen atoms in total. The van der Waals surface area contributed by atoms with Crippen LogP contribution < -0.4 is 5.32 Å². The molecule has 1 aromatic heterocycles. The quantitative estimate of drug-likeness (QED) is 0.801. The lowest BCUT2D eigenvalue weighted by Crippen LogP contribution is -2.40. The van der Waals surface area contributed by atoms with Gasteiger partial charge in [0.15, 0.2) is 0 Å². The molecule has 17 heavy (non-hydrogen) atoms. The second kappa shape index (κ2) is 5.38. The number of hydrogen-bond acceptors (Lipinski definition) is 4. The van der Waals surface area contributed by atoms with E-state index < -0.39 is 23.8 Å². The highest BCUT2D eigenvalue weighted by atomic mass is 16.4. The Labute approximate surface area is 99.1 Å². The standard InChI is InChI=1S/C11H15N3O3/c1-6-4-9(13-5-12-6)10(15)14-8(3)7(2)11(16)17/h4-5,7-8H,1-3H3,(H,14,15)(H,16,17). The molecule has 0 aromatic carbocycles. The van der Waals surface area contributed by atoms with Crippen molar-refractivity contribution >= 4 is 11.9 Å². The van der Waals surface area contributed by atoms with Crippen LogP contribution in [0.2, 0.25) is 0 Å². The molecule has 1 aromatic rings. The molecule has 0 aliphatic carbocycles. The van der Waals surface area contributed by atoms with Gasteiger partial charge in [0.05, 0.1) is 5.92 Å². The zero-order valence-corrected chi connectivity index (χ0v) is 9.97. The highest BCUT2D eigenvalue weighted by Gasteiger charge is 2.21. The topological polar surface area (TPSA) is 92.2 Å². The van der Waals surface area contributed by atoms with Crippen LogP contribution in [0.1, 0.15) is 30.0 Å². The largest absolute Gasteiger partial charge is 0.481 e. The fourth-order valence-corrected chi connectivity index (χ4v) is 1.20. The Balaban J connectivity index is 2.70. The summed E-state index contributed by atoms with van der Waals surface area (Å²) >= 11 is 0. The van der Waals surface area contributed by atoms with Crippen LogP contribution in [0.5, 0.6) is 0 Å². The van der Waals surface area contributed by atoms with Crippen molar-refractivity contribution < 1.29 is 14.7 Å². The third-order valence-corrected chi connectivity index (χ3v) is 2.53. The maximum atomic E-state index is 11.7. The van der Waals surface area contributed by atoms with Crippen molar-refractivity contribution in [2.45, 2.75) is 26.8 Å². The Bertz CT molecular complexity index is 434. The van der Waals surface area contributed by atoms with E-state index in [0.717, 1.165) is 0 Å². The number of aromatic nitrogens is 2. The smallest absolute Gasteiger partial charge is 0.308 e. The number of aryl methyl sites for hydroxylation is 1. The number of carboxylic acids is 1. The molecule has 92 valence electrons. The number of carbonyl (C=O) groups is 2. The first-order valence-electron chi connectivity index (χ1n) is 5.24. The molecule has 0 fully saturated rings. The summed E-state index contributed by atoms with van der Waals surface area (Å²) in [5, 5.41) is 11.4. The molecule has 0 radical (unpaired) electrons. The summed E-state index contributed by atoms with van der Waals surface area (Å²) in [7, 11) is 0. The van der Waals surface area contributed by atoms with Crippen LogP contribution in [-0.4, -0.2) is 33.0 Å². The van der Waals surface area contributed by atoms with Gasteiger partial charge in [-0.3, -0.25) is 9.59 Å². The predicted molar refractivity (Wildman–Crippen MR) is 60.5 cm³/mol. The van der Waals surface area contributed by atoms with Gasteiger partial charge in [0.2, 0.25) is 0 Å². The van der Waals surface area contributed by atoms with Gasteiger partial charge in [0.1, 0.15) is 12.0 Å². The number of nitrogens with zero attached hydrogens (tertiary/aromatic N) is 2. The summed E-state index contributed by atoms with van der Waals surface area (Å²) in [5.41, 5.74) is 0.922.